The van der Waals surface area contributed by atoms with Gasteiger partial charge in [-0.25, -0.2) is 9.78 Å². The average molecular weight is 263 g/mol. The van der Waals surface area contributed by atoms with Crippen LogP contribution in [-0.2, 0) is 10.5 Å². The van der Waals surface area contributed by atoms with E-state index in [1.807, 2.05) is 0 Å². The van der Waals surface area contributed by atoms with E-state index in [0.717, 1.165) is 0 Å². The topological polar surface area (TPSA) is 110 Å². The molecule has 0 amide bonds. The van der Waals surface area contributed by atoms with Crippen molar-refractivity contribution in [2.75, 3.05) is 0 Å². The number of benzene rings is 1. The van der Waals surface area contributed by atoms with Crippen LogP contribution in [-0.4, -0.2) is 28.0 Å². The molecule has 3 aromatic rings. The van der Waals surface area contributed by atoms with Crippen LogP contribution in [0, 0.1) is 0 Å². The van der Waals surface area contributed by atoms with E-state index in [4.69, 9.17) is 0 Å². The van der Waals surface area contributed by atoms with E-state index in [1.165, 1.54) is 23.0 Å². The predicted molar refractivity (Wildman–Crippen MR) is 62.1 cm³/mol. The van der Waals surface area contributed by atoms with Crippen LogP contribution >= 0.6 is 0 Å². The molecule has 2 heterocycles. The summed E-state index contributed by atoms with van der Waals surface area (Å²) in [6.45, 7) is 0. The molecule has 2 aromatic heterocycles. The van der Waals surface area contributed by atoms with Gasteiger partial charge in [0.05, 0.1) is 11.2 Å². The van der Waals surface area contributed by atoms with E-state index in [1.54, 1.807) is 6.07 Å². The van der Waals surface area contributed by atoms with Crippen molar-refractivity contribution in [2.24, 2.45) is 4.36 Å². The van der Waals surface area contributed by atoms with Crippen LogP contribution in [0.25, 0.3) is 16.6 Å². The van der Waals surface area contributed by atoms with Gasteiger partial charge in [0.15, 0.2) is 5.65 Å². The van der Waals surface area contributed by atoms with Gasteiger partial charge in [-0.05, 0) is 18.2 Å². The Morgan fingerprint density at radius 1 is 1.33 bits per heavy atom. The summed E-state index contributed by atoms with van der Waals surface area (Å²) in [5.41, 5.74) is 0.469. The highest BCUT2D eigenvalue weighted by Crippen LogP contribution is 2.20. The molecule has 0 atom stereocenters. The molecule has 3 rings (SSSR count). The second-order valence-corrected chi connectivity index (χ2v) is 4.07. The smallest absolute Gasteiger partial charge is 0.278 e. The fourth-order valence-electron chi connectivity index (χ4n) is 1.70. The minimum atomic E-state index is -2.54. The largest absolute Gasteiger partial charge is 0.368 e. The average Bonchev–Trinajstić information content (AvgIpc) is 2.77. The second kappa shape index (κ2) is 3.74. The maximum Gasteiger partial charge on any atom is 0.368 e. The van der Waals surface area contributed by atoms with Crippen LogP contribution < -0.4 is 5.69 Å². The summed E-state index contributed by atoms with van der Waals surface area (Å²) in [5.74, 6) is 0. The van der Waals surface area contributed by atoms with Crippen molar-refractivity contribution >= 4 is 32.7 Å². The van der Waals surface area contributed by atoms with Gasteiger partial charge in [0.2, 0.25) is 0 Å². The molecule has 8 nitrogen and oxygen atoms in total. The molecule has 0 unspecified atom stereocenters. The van der Waals surface area contributed by atoms with Crippen molar-refractivity contribution in [1.29, 1.82) is 0 Å². The third-order valence-electron chi connectivity index (χ3n) is 2.40. The first kappa shape index (κ1) is 10.6. The summed E-state index contributed by atoms with van der Waals surface area (Å²) in [4.78, 5) is 19.4. The molecule has 1 aromatic carbocycles. The molecule has 0 radical (unpaired) electrons. The predicted octanol–water partition coefficient (Wildman–Crippen LogP) is 0.265. The van der Waals surface area contributed by atoms with Crippen LogP contribution in [0.3, 0.4) is 0 Å². The van der Waals surface area contributed by atoms with Crippen molar-refractivity contribution < 1.29 is 8.42 Å². The van der Waals surface area contributed by atoms with Gasteiger partial charge in [-0.3, -0.25) is 5.10 Å². The number of hydrogen-bond donors (Lipinski definition) is 1. The molecule has 0 aliphatic carbocycles. The molecule has 0 fully saturated rings. The Bertz CT molecular complexity index is 945. The van der Waals surface area contributed by atoms with Gasteiger partial charge in [0.1, 0.15) is 6.33 Å². The number of aromatic nitrogens is 4. The van der Waals surface area contributed by atoms with Crippen LogP contribution in [0.5, 0.6) is 0 Å². The SMILES string of the molecule is O=c1nc2cc(N=S(=O)=O)ccc2c2nc[nH]n12. The van der Waals surface area contributed by atoms with E-state index in [-0.39, 0.29) is 5.69 Å². The van der Waals surface area contributed by atoms with Gasteiger partial charge < -0.3 is 0 Å². The zero-order valence-electron chi connectivity index (χ0n) is 8.73. The van der Waals surface area contributed by atoms with E-state index in [2.05, 4.69) is 19.4 Å². The lowest BCUT2D eigenvalue weighted by atomic mass is 10.2. The maximum absolute atomic E-state index is 11.6. The molecule has 0 saturated carbocycles. The normalized spacial score (nSPS) is 10.9. The molecular weight excluding hydrogens is 258 g/mol. The van der Waals surface area contributed by atoms with Gasteiger partial charge >= 0.3 is 16.2 Å². The van der Waals surface area contributed by atoms with Gasteiger partial charge in [-0.15, -0.1) is 4.36 Å². The molecule has 0 bridgehead atoms. The molecule has 18 heavy (non-hydrogen) atoms. The lowest BCUT2D eigenvalue weighted by molar-refractivity contribution is 0.622. The number of H-pyrrole nitrogens is 1. The fourth-order valence-corrected chi connectivity index (χ4v) is 1.99. The van der Waals surface area contributed by atoms with Crippen molar-refractivity contribution in [3.63, 3.8) is 0 Å². The Labute approximate surface area is 101 Å². The highest BCUT2D eigenvalue weighted by atomic mass is 32.2. The van der Waals surface area contributed by atoms with E-state index in [9.17, 15) is 13.2 Å². The highest BCUT2D eigenvalue weighted by Gasteiger charge is 2.07. The van der Waals surface area contributed by atoms with Crippen molar-refractivity contribution in [2.45, 2.75) is 0 Å². The Morgan fingerprint density at radius 3 is 2.94 bits per heavy atom. The molecule has 1 N–H and O–H groups in total. The minimum absolute atomic E-state index is 0.211. The summed E-state index contributed by atoms with van der Waals surface area (Å²) in [6.07, 6.45) is 1.38. The highest BCUT2D eigenvalue weighted by molar-refractivity contribution is 7.61. The summed E-state index contributed by atoms with van der Waals surface area (Å²) in [7, 11) is -2.54. The van der Waals surface area contributed by atoms with Crippen LogP contribution in [0.4, 0.5) is 5.69 Å². The Morgan fingerprint density at radius 2 is 2.17 bits per heavy atom. The van der Waals surface area contributed by atoms with E-state index in [0.29, 0.717) is 16.6 Å². The number of aromatic amines is 1. The molecule has 0 aliphatic rings. The zero-order valence-corrected chi connectivity index (χ0v) is 9.55. The van der Waals surface area contributed by atoms with Gasteiger partial charge in [-0.1, -0.05) is 0 Å². The molecule has 0 aliphatic heterocycles. The molecule has 0 saturated heterocycles. The lowest BCUT2D eigenvalue weighted by Crippen LogP contribution is -2.17. The van der Waals surface area contributed by atoms with Gasteiger partial charge in [0.25, 0.3) is 0 Å². The van der Waals surface area contributed by atoms with E-state index >= 15 is 0 Å². The maximum atomic E-state index is 11.6. The quantitative estimate of drug-likeness (QED) is 0.677. The summed E-state index contributed by atoms with van der Waals surface area (Å²) in [5, 5.41) is 3.27. The molecular formula is C9H5N5O3S. The fraction of sp³-hybridized carbons (Fsp3) is 0. The van der Waals surface area contributed by atoms with Crippen LogP contribution in [0.2, 0.25) is 0 Å². The zero-order chi connectivity index (χ0) is 12.7. The molecule has 0 spiro atoms. The minimum Gasteiger partial charge on any atom is -0.278 e. The van der Waals surface area contributed by atoms with Crippen LogP contribution in [0.1, 0.15) is 0 Å². The summed E-state index contributed by atoms with van der Waals surface area (Å²) < 4.78 is 25.5. The number of nitrogens with one attached hydrogen (secondary N) is 1. The number of nitrogens with zero attached hydrogens (tertiary/aromatic N) is 4. The molecule has 9 heteroatoms. The second-order valence-electron chi connectivity index (χ2n) is 3.45. The first-order valence-corrected chi connectivity index (χ1v) is 5.85. The summed E-state index contributed by atoms with van der Waals surface area (Å²) >= 11 is 0. The first-order chi connectivity index (χ1) is 8.65. The van der Waals surface area contributed by atoms with Gasteiger partial charge in [0, 0.05) is 5.39 Å². The van der Waals surface area contributed by atoms with E-state index < -0.39 is 16.2 Å². The Balaban J connectivity index is 2.46. The number of rotatable bonds is 1. The number of hydrogen-bond acceptors (Lipinski definition) is 6. The van der Waals surface area contributed by atoms with Crippen molar-refractivity contribution in [3.8, 4) is 0 Å². The standard InChI is InChI=1S/C9H5N5O3S/c15-9-12-7-3-5(13-18(16)17)1-2-6(7)8-10-4-11-14(8)9/h1-4H,(H,10,11). The van der Waals surface area contributed by atoms with Crippen LogP contribution in [0.15, 0.2) is 33.7 Å². The Kier molecular flexibility index (Phi) is 2.20. The summed E-state index contributed by atoms with van der Waals surface area (Å²) in [6, 6.07) is 4.55. The monoisotopic (exact) mass is 263 g/mol. The Hall–Kier alpha value is -2.55. The third kappa shape index (κ3) is 1.57. The number of fused-ring (bicyclic) bond motifs is 3. The first-order valence-electron chi connectivity index (χ1n) is 4.82. The lowest BCUT2D eigenvalue weighted by Gasteiger charge is -1.98. The van der Waals surface area contributed by atoms with Crippen molar-refractivity contribution in [1.82, 2.24) is 19.6 Å². The third-order valence-corrected chi connectivity index (χ3v) is 2.75. The van der Waals surface area contributed by atoms with Gasteiger partial charge in [-0.2, -0.15) is 17.9 Å². The van der Waals surface area contributed by atoms with Crippen molar-refractivity contribution in [3.05, 3.63) is 35.0 Å². The molecule has 90 valence electrons.